The summed E-state index contributed by atoms with van der Waals surface area (Å²) in [6.45, 7) is 3.43. The molecule has 6 aromatic rings. The molecule has 15 heteroatoms. The van der Waals surface area contributed by atoms with Crippen LogP contribution in [0.2, 0.25) is 10.2 Å². The summed E-state index contributed by atoms with van der Waals surface area (Å²) in [5.74, 6) is -2.04. The second-order valence-electron chi connectivity index (χ2n) is 10.7. The largest absolute Gasteiger partial charge is 0.355 e. The zero-order chi connectivity index (χ0) is 36.8. The molecule has 6 rings (SSSR count). The van der Waals surface area contributed by atoms with Gasteiger partial charge in [0.2, 0.25) is 0 Å². The number of carbonyl (C=O) groups excluding carboxylic acids is 2. The molecule has 0 unspecified atom stereocenters. The lowest BCUT2D eigenvalue weighted by Gasteiger charge is -2.14. The topological polar surface area (TPSA) is 138 Å². The van der Waals surface area contributed by atoms with E-state index >= 15 is 0 Å². The van der Waals surface area contributed by atoms with Crippen LogP contribution in [-0.2, 0) is 0 Å². The van der Waals surface area contributed by atoms with Gasteiger partial charge >= 0.3 is 0 Å². The highest BCUT2D eigenvalue weighted by molar-refractivity contribution is 9.10. The maximum absolute atomic E-state index is 14.2. The summed E-state index contributed by atoms with van der Waals surface area (Å²) in [6.07, 6.45) is 1.53. The van der Waals surface area contributed by atoms with Crippen LogP contribution < -0.4 is 10.6 Å². The Morgan fingerprint density at radius 3 is 2.24 bits per heavy atom. The van der Waals surface area contributed by atoms with Gasteiger partial charge in [-0.15, -0.1) is 5.10 Å². The SMILES string of the molecule is CNC(=O)c1cc(C#N)cc(C)c1NC(=O)c1cc(Br)nn1-c1ncccc1Cl.Cc1nnc(Cl)c(-c2c(F)cccc2F)c1-c1ccccc1. The summed E-state index contributed by atoms with van der Waals surface area (Å²) >= 11 is 15.6. The van der Waals surface area contributed by atoms with Gasteiger partial charge in [0, 0.05) is 30.4 Å². The van der Waals surface area contributed by atoms with Gasteiger partial charge in [-0.1, -0.05) is 59.6 Å². The molecule has 3 aromatic carbocycles. The number of halogens is 5. The number of nitriles is 1. The summed E-state index contributed by atoms with van der Waals surface area (Å²) in [6, 6.07) is 22.7. The molecule has 0 saturated carbocycles. The van der Waals surface area contributed by atoms with Crippen molar-refractivity contribution in [2.45, 2.75) is 13.8 Å². The van der Waals surface area contributed by atoms with Gasteiger partial charge in [0.05, 0.1) is 39.2 Å². The Morgan fingerprint density at radius 1 is 0.882 bits per heavy atom. The van der Waals surface area contributed by atoms with Crippen LogP contribution in [0.15, 0.2) is 89.7 Å². The molecule has 0 atom stereocenters. The third-order valence-corrected chi connectivity index (χ3v) is 8.35. The van der Waals surface area contributed by atoms with Crippen molar-refractivity contribution < 1.29 is 18.4 Å². The quantitative estimate of drug-likeness (QED) is 0.173. The highest BCUT2D eigenvalue weighted by Crippen LogP contribution is 2.40. The molecular weight excluding hydrogens is 765 g/mol. The van der Waals surface area contributed by atoms with Gasteiger partial charge < -0.3 is 10.6 Å². The zero-order valence-electron chi connectivity index (χ0n) is 27.0. The number of pyridine rings is 1. The summed E-state index contributed by atoms with van der Waals surface area (Å²) in [4.78, 5) is 29.5. The molecule has 10 nitrogen and oxygen atoms in total. The fraction of sp³-hybridized carbons (Fsp3) is 0.0833. The molecule has 0 aliphatic carbocycles. The van der Waals surface area contributed by atoms with Crippen molar-refractivity contribution in [1.82, 2.24) is 30.3 Å². The fourth-order valence-electron chi connectivity index (χ4n) is 5.14. The molecular formula is C36H25BrCl2F2N8O2. The van der Waals surface area contributed by atoms with E-state index < -0.39 is 23.4 Å². The van der Waals surface area contributed by atoms with Gasteiger partial charge in [-0.3, -0.25) is 9.59 Å². The minimum absolute atomic E-state index is 0.0338. The molecule has 0 bridgehead atoms. The van der Waals surface area contributed by atoms with E-state index in [0.717, 1.165) is 5.56 Å². The van der Waals surface area contributed by atoms with E-state index in [0.29, 0.717) is 37.7 Å². The summed E-state index contributed by atoms with van der Waals surface area (Å²) in [5.41, 5.74) is 3.43. The first kappa shape index (κ1) is 36.7. The Kier molecular flexibility index (Phi) is 11.5. The first-order valence-electron chi connectivity index (χ1n) is 14.9. The maximum Gasteiger partial charge on any atom is 0.274 e. The molecule has 256 valence electrons. The predicted octanol–water partition coefficient (Wildman–Crippen LogP) is 8.53. The van der Waals surface area contributed by atoms with Gasteiger partial charge in [-0.05, 0) is 77.3 Å². The van der Waals surface area contributed by atoms with Gasteiger partial charge in [0.1, 0.15) is 21.9 Å². The Bertz CT molecular complexity index is 2310. The number of aryl methyl sites for hydroxylation is 2. The minimum atomic E-state index is -0.688. The number of anilines is 1. The van der Waals surface area contributed by atoms with Gasteiger partial charge in [0.25, 0.3) is 11.8 Å². The number of amides is 2. The Hall–Kier alpha value is -5.55. The van der Waals surface area contributed by atoms with Crippen molar-refractivity contribution >= 4 is 56.6 Å². The van der Waals surface area contributed by atoms with Crippen molar-refractivity contribution in [3.05, 3.63) is 140 Å². The number of carbonyl (C=O) groups is 2. The average molecular weight is 790 g/mol. The Labute approximate surface area is 309 Å². The first-order chi connectivity index (χ1) is 24.4. The smallest absolute Gasteiger partial charge is 0.274 e. The molecule has 51 heavy (non-hydrogen) atoms. The minimum Gasteiger partial charge on any atom is -0.355 e. The third kappa shape index (κ3) is 7.94. The first-order valence-corrected chi connectivity index (χ1v) is 16.5. The summed E-state index contributed by atoms with van der Waals surface area (Å²) < 4.78 is 30.1. The van der Waals surface area contributed by atoms with Gasteiger partial charge in [-0.25, -0.2) is 18.4 Å². The lowest BCUT2D eigenvalue weighted by atomic mass is 9.94. The zero-order valence-corrected chi connectivity index (χ0v) is 30.1. The summed E-state index contributed by atoms with van der Waals surface area (Å²) in [7, 11) is 1.47. The van der Waals surface area contributed by atoms with E-state index in [4.69, 9.17) is 23.2 Å². The lowest BCUT2D eigenvalue weighted by molar-refractivity contribution is 0.0964. The molecule has 0 radical (unpaired) electrons. The number of nitrogens with one attached hydrogen (secondary N) is 2. The molecule has 3 aromatic heterocycles. The summed E-state index contributed by atoms with van der Waals surface area (Å²) in [5, 5.41) is 26.7. The van der Waals surface area contributed by atoms with Gasteiger partial charge in [0.15, 0.2) is 11.0 Å². The molecule has 0 fully saturated rings. The molecule has 0 aliphatic heterocycles. The van der Waals surface area contributed by atoms with E-state index in [1.54, 1.807) is 32.0 Å². The van der Waals surface area contributed by atoms with Crippen LogP contribution >= 0.6 is 39.1 Å². The van der Waals surface area contributed by atoms with Crippen LogP contribution in [0.4, 0.5) is 14.5 Å². The molecule has 0 saturated heterocycles. The normalized spacial score (nSPS) is 10.5. The third-order valence-electron chi connectivity index (χ3n) is 7.41. The van der Waals surface area contributed by atoms with Gasteiger partial charge in [-0.2, -0.15) is 15.5 Å². The van der Waals surface area contributed by atoms with Crippen molar-refractivity contribution in [3.63, 3.8) is 0 Å². The monoisotopic (exact) mass is 788 g/mol. The van der Waals surface area contributed by atoms with Crippen LogP contribution in [0, 0.1) is 36.8 Å². The number of nitrogens with zero attached hydrogens (tertiary/aromatic N) is 6. The highest BCUT2D eigenvalue weighted by Gasteiger charge is 2.24. The van der Waals surface area contributed by atoms with E-state index in [-0.39, 0.29) is 33.4 Å². The number of hydrogen-bond acceptors (Lipinski definition) is 7. The molecule has 3 heterocycles. The second-order valence-corrected chi connectivity index (χ2v) is 12.3. The highest BCUT2D eigenvalue weighted by atomic mass is 79.9. The van der Waals surface area contributed by atoms with Crippen LogP contribution in [-0.4, -0.2) is 43.8 Å². The predicted molar refractivity (Wildman–Crippen MR) is 194 cm³/mol. The van der Waals surface area contributed by atoms with E-state index in [1.807, 2.05) is 36.4 Å². The Morgan fingerprint density at radius 2 is 1.59 bits per heavy atom. The average Bonchev–Trinajstić information content (AvgIpc) is 3.52. The number of rotatable bonds is 6. The molecule has 0 spiro atoms. The number of aromatic nitrogens is 5. The van der Waals surface area contributed by atoms with Crippen LogP contribution in [0.25, 0.3) is 28.1 Å². The number of benzene rings is 3. The van der Waals surface area contributed by atoms with Crippen molar-refractivity contribution in [3.8, 4) is 34.1 Å². The lowest BCUT2D eigenvalue weighted by Crippen LogP contribution is -2.24. The van der Waals surface area contributed by atoms with Crippen LogP contribution in [0.5, 0.6) is 0 Å². The van der Waals surface area contributed by atoms with E-state index in [2.05, 4.69) is 46.8 Å². The number of hydrogen-bond donors (Lipinski definition) is 2. The molecule has 2 N–H and O–H groups in total. The molecule has 0 aliphatic rings. The second kappa shape index (κ2) is 16.0. The van der Waals surface area contributed by atoms with Crippen molar-refractivity contribution in [2.24, 2.45) is 0 Å². The maximum atomic E-state index is 14.2. The van der Waals surface area contributed by atoms with E-state index in [1.165, 1.54) is 48.3 Å². The van der Waals surface area contributed by atoms with Crippen molar-refractivity contribution in [2.75, 3.05) is 12.4 Å². The van der Waals surface area contributed by atoms with Crippen molar-refractivity contribution in [1.29, 1.82) is 5.26 Å². The van der Waals surface area contributed by atoms with Crippen LogP contribution in [0.1, 0.15) is 37.7 Å². The molecule has 2 amide bonds. The van der Waals surface area contributed by atoms with E-state index in [9.17, 15) is 23.6 Å². The Balaban J connectivity index is 0.000000205. The standard InChI is InChI=1S/C19H14BrClN6O2.C17H11ClF2N2/c1-10-6-11(9-22)7-12(18(28)23-2)16(10)25-19(29)14-8-15(20)26-27(14)17-13(21)4-3-5-24-17;1-10-14(11-6-3-2-4-7-11)16(17(18)22-21-10)15-12(19)8-5-9-13(15)20/h3-8H,1-2H3,(H,23,28)(H,25,29);2-9H,1H3. The fourth-order valence-corrected chi connectivity index (χ4v) is 5.95. The van der Waals surface area contributed by atoms with Crippen LogP contribution in [0.3, 0.4) is 0 Å².